The third kappa shape index (κ3) is 1.76. The first-order valence-corrected chi connectivity index (χ1v) is 5.89. The Kier molecular flexibility index (Phi) is 2.63. The Morgan fingerprint density at radius 2 is 2.31 bits per heavy atom. The van der Waals surface area contributed by atoms with E-state index >= 15 is 0 Å². The molecule has 3 heteroatoms. The van der Waals surface area contributed by atoms with Crippen LogP contribution in [-0.4, -0.2) is 0 Å². The summed E-state index contributed by atoms with van der Waals surface area (Å²) in [5, 5.41) is 0. The Morgan fingerprint density at radius 1 is 1.62 bits per heavy atom. The van der Waals surface area contributed by atoms with Gasteiger partial charge in [0.05, 0.1) is 4.34 Å². The number of nitrogens with two attached hydrogens (primary N) is 1. The molecule has 1 aromatic rings. The smallest absolute Gasteiger partial charge is 0.0960 e. The molecular formula is C10H14ClNS. The van der Waals surface area contributed by atoms with Crippen molar-refractivity contribution in [2.45, 2.75) is 32.2 Å². The topological polar surface area (TPSA) is 26.0 Å². The molecule has 0 aliphatic heterocycles. The second-order valence-corrected chi connectivity index (χ2v) is 5.51. The van der Waals surface area contributed by atoms with Gasteiger partial charge in [-0.1, -0.05) is 18.0 Å². The quantitative estimate of drug-likeness (QED) is 0.803. The number of hydrogen-bond donors (Lipinski definition) is 1. The van der Waals surface area contributed by atoms with Gasteiger partial charge in [0, 0.05) is 10.9 Å². The molecule has 1 aliphatic carbocycles. The van der Waals surface area contributed by atoms with Crippen LogP contribution in [0.25, 0.3) is 0 Å². The SMILES string of the molecule is Cc1cc(C(N)C2CCC2)sc1Cl. The lowest BCUT2D eigenvalue weighted by molar-refractivity contribution is 0.267. The van der Waals surface area contributed by atoms with Crippen LogP contribution in [0.1, 0.15) is 35.7 Å². The summed E-state index contributed by atoms with van der Waals surface area (Å²) in [6.07, 6.45) is 3.92. The summed E-state index contributed by atoms with van der Waals surface area (Å²) in [6, 6.07) is 2.36. The summed E-state index contributed by atoms with van der Waals surface area (Å²) < 4.78 is 0.893. The maximum absolute atomic E-state index is 6.13. The Bertz CT molecular complexity index is 284. The van der Waals surface area contributed by atoms with Crippen molar-refractivity contribution in [3.8, 4) is 0 Å². The summed E-state index contributed by atoms with van der Waals surface area (Å²) in [5.74, 6) is 0.703. The van der Waals surface area contributed by atoms with Crippen LogP contribution >= 0.6 is 22.9 Å². The van der Waals surface area contributed by atoms with Gasteiger partial charge in [-0.25, -0.2) is 0 Å². The highest BCUT2D eigenvalue weighted by Gasteiger charge is 2.26. The molecule has 0 amide bonds. The second kappa shape index (κ2) is 3.60. The largest absolute Gasteiger partial charge is 0.323 e. The second-order valence-electron chi connectivity index (χ2n) is 3.82. The maximum atomic E-state index is 6.13. The maximum Gasteiger partial charge on any atom is 0.0960 e. The van der Waals surface area contributed by atoms with Crippen molar-refractivity contribution in [2.24, 2.45) is 11.7 Å². The van der Waals surface area contributed by atoms with E-state index in [2.05, 4.69) is 6.07 Å². The Hall–Kier alpha value is -0.0500. The monoisotopic (exact) mass is 215 g/mol. The lowest BCUT2D eigenvalue weighted by Crippen LogP contribution is -2.25. The van der Waals surface area contributed by atoms with Crippen LogP contribution in [0.4, 0.5) is 0 Å². The highest BCUT2D eigenvalue weighted by Crippen LogP contribution is 2.40. The number of hydrogen-bond acceptors (Lipinski definition) is 2. The van der Waals surface area contributed by atoms with Gasteiger partial charge in [-0.2, -0.15) is 0 Å². The number of rotatable bonds is 2. The molecule has 0 bridgehead atoms. The Morgan fingerprint density at radius 3 is 2.69 bits per heavy atom. The molecule has 13 heavy (non-hydrogen) atoms. The number of aryl methyl sites for hydroxylation is 1. The van der Waals surface area contributed by atoms with E-state index in [4.69, 9.17) is 17.3 Å². The summed E-state index contributed by atoms with van der Waals surface area (Å²) in [6.45, 7) is 2.04. The van der Waals surface area contributed by atoms with Crippen molar-refractivity contribution < 1.29 is 0 Å². The van der Waals surface area contributed by atoms with Gasteiger partial charge in [0.1, 0.15) is 0 Å². The molecule has 1 unspecified atom stereocenters. The minimum Gasteiger partial charge on any atom is -0.323 e. The van der Waals surface area contributed by atoms with Crippen molar-refractivity contribution in [3.05, 3.63) is 20.8 Å². The third-order valence-electron chi connectivity index (χ3n) is 2.86. The zero-order valence-electron chi connectivity index (χ0n) is 7.72. The normalized spacial score (nSPS) is 19.9. The zero-order valence-corrected chi connectivity index (χ0v) is 9.29. The molecule has 2 N–H and O–H groups in total. The van der Waals surface area contributed by atoms with E-state index in [1.807, 2.05) is 6.92 Å². The fourth-order valence-corrected chi connectivity index (χ4v) is 2.99. The van der Waals surface area contributed by atoms with Crippen molar-refractivity contribution in [1.82, 2.24) is 0 Å². The first-order chi connectivity index (χ1) is 6.18. The Balaban J connectivity index is 2.14. The predicted molar refractivity (Wildman–Crippen MR) is 58.3 cm³/mol. The fourth-order valence-electron chi connectivity index (χ4n) is 1.68. The van der Waals surface area contributed by atoms with E-state index in [-0.39, 0.29) is 6.04 Å². The standard InChI is InChI=1S/C10H14ClNS/c1-6-5-8(13-10(6)11)9(12)7-3-2-4-7/h5,7,9H,2-4,12H2,1H3. The highest BCUT2D eigenvalue weighted by atomic mass is 35.5. The van der Waals surface area contributed by atoms with Crippen LogP contribution in [-0.2, 0) is 0 Å². The van der Waals surface area contributed by atoms with Gasteiger partial charge < -0.3 is 5.73 Å². The van der Waals surface area contributed by atoms with Crippen LogP contribution in [0.2, 0.25) is 4.34 Å². The molecule has 0 spiro atoms. The molecule has 1 heterocycles. The first-order valence-electron chi connectivity index (χ1n) is 4.70. The molecule has 1 fully saturated rings. The molecule has 0 aromatic carbocycles. The molecule has 1 nitrogen and oxygen atoms in total. The van der Waals surface area contributed by atoms with E-state index in [1.165, 1.54) is 24.1 Å². The molecule has 1 saturated carbocycles. The van der Waals surface area contributed by atoms with Crippen molar-refractivity contribution in [3.63, 3.8) is 0 Å². The molecular weight excluding hydrogens is 202 g/mol. The van der Waals surface area contributed by atoms with Gasteiger partial charge in [0.15, 0.2) is 0 Å². The van der Waals surface area contributed by atoms with E-state index in [0.29, 0.717) is 5.92 Å². The molecule has 0 radical (unpaired) electrons. The van der Waals surface area contributed by atoms with Crippen LogP contribution in [0.3, 0.4) is 0 Å². The molecule has 1 aromatic heterocycles. The molecule has 1 aliphatic rings. The number of halogens is 1. The summed E-state index contributed by atoms with van der Waals surface area (Å²) in [4.78, 5) is 1.26. The molecule has 1 atom stereocenters. The van der Waals surface area contributed by atoms with Crippen LogP contribution < -0.4 is 5.73 Å². The van der Waals surface area contributed by atoms with E-state index < -0.39 is 0 Å². The van der Waals surface area contributed by atoms with E-state index in [9.17, 15) is 0 Å². The third-order valence-corrected chi connectivity index (χ3v) is 4.52. The average Bonchev–Trinajstić information content (AvgIpc) is 2.28. The van der Waals surface area contributed by atoms with Gasteiger partial charge in [-0.3, -0.25) is 0 Å². The predicted octanol–water partition coefficient (Wildman–Crippen LogP) is 3.51. The van der Waals surface area contributed by atoms with Crippen molar-refractivity contribution >= 4 is 22.9 Å². The highest BCUT2D eigenvalue weighted by molar-refractivity contribution is 7.16. The minimum absolute atomic E-state index is 0.227. The fraction of sp³-hybridized carbons (Fsp3) is 0.600. The van der Waals surface area contributed by atoms with E-state index in [0.717, 1.165) is 9.90 Å². The van der Waals surface area contributed by atoms with Crippen molar-refractivity contribution in [2.75, 3.05) is 0 Å². The number of thiophene rings is 1. The summed E-state index contributed by atoms with van der Waals surface area (Å²) >= 11 is 7.64. The van der Waals surface area contributed by atoms with Gasteiger partial charge in [-0.05, 0) is 37.3 Å². The molecule has 2 rings (SSSR count). The lowest BCUT2D eigenvalue weighted by atomic mass is 9.79. The van der Waals surface area contributed by atoms with Crippen molar-refractivity contribution in [1.29, 1.82) is 0 Å². The average molecular weight is 216 g/mol. The molecule has 0 saturated heterocycles. The van der Waals surface area contributed by atoms with Gasteiger partial charge in [-0.15, -0.1) is 11.3 Å². The van der Waals surface area contributed by atoms with Crippen LogP contribution in [0.15, 0.2) is 6.07 Å². The lowest BCUT2D eigenvalue weighted by Gasteiger charge is -2.30. The Labute approximate surface area is 87.9 Å². The van der Waals surface area contributed by atoms with Crippen LogP contribution in [0.5, 0.6) is 0 Å². The zero-order chi connectivity index (χ0) is 9.42. The first kappa shape index (κ1) is 9.50. The van der Waals surface area contributed by atoms with Gasteiger partial charge in [0.25, 0.3) is 0 Å². The van der Waals surface area contributed by atoms with Gasteiger partial charge >= 0.3 is 0 Å². The van der Waals surface area contributed by atoms with Crippen LogP contribution in [0, 0.1) is 12.8 Å². The van der Waals surface area contributed by atoms with Gasteiger partial charge in [0.2, 0.25) is 0 Å². The van der Waals surface area contributed by atoms with E-state index in [1.54, 1.807) is 11.3 Å². The summed E-state index contributed by atoms with van der Waals surface area (Å²) in [7, 11) is 0. The molecule has 72 valence electrons. The minimum atomic E-state index is 0.227. The summed E-state index contributed by atoms with van der Waals surface area (Å²) in [5.41, 5.74) is 7.30.